The molecule has 3 rings (SSSR count). The third-order valence-electron chi connectivity index (χ3n) is 3.76. The van der Waals surface area contributed by atoms with Crippen molar-refractivity contribution in [3.63, 3.8) is 0 Å². The number of carbonyl (C=O) groups is 1. The Labute approximate surface area is 132 Å². The van der Waals surface area contributed by atoms with Crippen molar-refractivity contribution in [2.45, 2.75) is 25.3 Å². The number of nitrogen functional groups attached to an aromatic ring is 1. The second-order valence-corrected chi connectivity index (χ2v) is 6.01. The number of aromatic nitrogens is 1. The van der Waals surface area contributed by atoms with Crippen molar-refractivity contribution in [1.82, 2.24) is 10.3 Å². The van der Waals surface area contributed by atoms with Gasteiger partial charge in [0.2, 0.25) is 0 Å². The van der Waals surface area contributed by atoms with E-state index in [1.54, 1.807) is 0 Å². The fraction of sp³-hybridized carbons (Fsp3) is 0.267. The van der Waals surface area contributed by atoms with E-state index in [0.29, 0.717) is 10.7 Å². The van der Waals surface area contributed by atoms with Crippen molar-refractivity contribution in [2.24, 2.45) is 0 Å². The second kappa shape index (κ2) is 5.62. The van der Waals surface area contributed by atoms with Crippen LogP contribution in [-0.4, -0.2) is 10.9 Å². The molecule has 0 fully saturated rings. The van der Waals surface area contributed by atoms with Crippen LogP contribution in [0.5, 0.6) is 0 Å². The molecule has 1 aliphatic rings. The first-order chi connectivity index (χ1) is 10.0. The van der Waals surface area contributed by atoms with Crippen LogP contribution in [0.25, 0.3) is 0 Å². The van der Waals surface area contributed by atoms with Gasteiger partial charge in [-0.3, -0.25) is 4.79 Å². The summed E-state index contributed by atoms with van der Waals surface area (Å²) in [5.74, 6) is -0.210. The maximum atomic E-state index is 12.3. The van der Waals surface area contributed by atoms with Gasteiger partial charge < -0.3 is 16.0 Å². The first-order valence-corrected chi connectivity index (χ1v) is 7.53. The van der Waals surface area contributed by atoms with Crippen molar-refractivity contribution in [3.8, 4) is 0 Å². The summed E-state index contributed by atoms with van der Waals surface area (Å²) in [7, 11) is 0. The predicted molar refractivity (Wildman–Crippen MR) is 84.8 cm³/mol. The van der Waals surface area contributed by atoms with Gasteiger partial charge in [0, 0.05) is 5.69 Å². The zero-order valence-electron chi connectivity index (χ0n) is 11.2. The van der Waals surface area contributed by atoms with Crippen LogP contribution < -0.4 is 11.1 Å². The van der Waals surface area contributed by atoms with Gasteiger partial charge in [-0.25, -0.2) is 0 Å². The standard InChI is InChI=1S/C15H15Cl2N3O/c16-11-7-13(19-14(11)17)15(21)20-12-3-1-2-8-6-9(18)4-5-10(8)12/h4-7,12,19H,1-3,18H2,(H,20,21). The third-order valence-corrected chi connectivity index (χ3v) is 4.45. The Hall–Kier alpha value is -1.65. The number of nitrogens with two attached hydrogens (primary N) is 1. The van der Waals surface area contributed by atoms with Crippen LogP contribution in [0.3, 0.4) is 0 Å². The Bertz CT molecular complexity index is 677. The molecule has 0 aliphatic heterocycles. The Morgan fingerprint density at radius 2 is 2.14 bits per heavy atom. The van der Waals surface area contributed by atoms with Crippen LogP contribution in [0, 0.1) is 0 Å². The summed E-state index contributed by atoms with van der Waals surface area (Å²) in [6.07, 6.45) is 2.92. The molecule has 1 heterocycles. The van der Waals surface area contributed by atoms with Crippen molar-refractivity contribution < 1.29 is 4.79 Å². The Morgan fingerprint density at radius 3 is 2.86 bits per heavy atom. The van der Waals surface area contributed by atoms with E-state index in [1.807, 2.05) is 18.2 Å². The molecule has 6 heteroatoms. The van der Waals surface area contributed by atoms with Crippen molar-refractivity contribution in [1.29, 1.82) is 0 Å². The molecule has 4 N–H and O–H groups in total. The average Bonchev–Trinajstić information content (AvgIpc) is 2.79. The minimum atomic E-state index is -0.210. The highest BCUT2D eigenvalue weighted by atomic mass is 35.5. The fourth-order valence-corrected chi connectivity index (χ4v) is 3.06. The topological polar surface area (TPSA) is 70.9 Å². The number of hydrogen-bond donors (Lipinski definition) is 3. The van der Waals surface area contributed by atoms with Gasteiger partial charge in [0.1, 0.15) is 10.8 Å². The van der Waals surface area contributed by atoms with E-state index < -0.39 is 0 Å². The number of amides is 1. The maximum Gasteiger partial charge on any atom is 0.268 e. The Kier molecular flexibility index (Phi) is 3.83. The predicted octanol–water partition coefficient (Wildman–Crippen LogP) is 3.71. The van der Waals surface area contributed by atoms with Gasteiger partial charge in [-0.2, -0.15) is 0 Å². The summed E-state index contributed by atoms with van der Waals surface area (Å²) in [6.45, 7) is 0. The quantitative estimate of drug-likeness (QED) is 0.737. The molecular formula is C15H15Cl2N3O. The largest absolute Gasteiger partial charge is 0.399 e. The average molecular weight is 324 g/mol. The number of benzene rings is 1. The fourth-order valence-electron chi connectivity index (χ4n) is 2.75. The lowest BCUT2D eigenvalue weighted by Gasteiger charge is -2.26. The number of halogens is 2. The first kappa shape index (κ1) is 14.3. The van der Waals surface area contributed by atoms with Gasteiger partial charge in [0.15, 0.2) is 0 Å². The number of carbonyl (C=O) groups excluding carboxylic acids is 1. The lowest BCUT2D eigenvalue weighted by Crippen LogP contribution is -2.31. The van der Waals surface area contributed by atoms with Gasteiger partial charge >= 0.3 is 0 Å². The van der Waals surface area contributed by atoms with Crippen LogP contribution in [-0.2, 0) is 6.42 Å². The molecule has 0 saturated carbocycles. The molecule has 1 amide bonds. The number of aryl methyl sites for hydroxylation is 1. The van der Waals surface area contributed by atoms with Gasteiger partial charge in [0.25, 0.3) is 5.91 Å². The SMILES string of the molecule is Nc1ccc2c(c1)CCCC2NC(=O)c1cc(Cl)c(Cl)[nH]1. The smallest absolute Gasteiger partial charge is 0.268 e. The highest BCUT2D eigenvalue weighted by molar-refractivity contribution is 6.41. The number of nitrogens with one attached hydrogen (secondary N) is 2. The minimum Gasteiger partial charge on any atom is -0.399 e. The van der Waals surface area contributed by atoms with Crippen molar-refractivity contribution in [2.75, 3.05) is 5.73 Å². The molecule has 2 aromatic rings. The zero-order valence-corrected chi connectivity index (χ0v) is 12.8. The summed E-state index contributed by atoms with van der Waals surface area (Å²) in [6, 6.07) is 7.36. The number of hydrogen-bond acceptors (Lipinski definition) is 2. The number of H-pyrrole nitrogens is 1. The highest BCUT2D eigenvalue weighted by Gasteiger charge is 2.23. The van der Waals surface area contributed by atoms with Gasteiger partial charge in [-0.15, -0.1) is 0 Å². The lowest BCUT2D eigenvalue weighted by atomic mass is 9.87. The third kappa shape index (κ3) is 2.87. The molecule has 0 bridgehead atoms. The summed E-state index contributed by atoms with van der Waals surface area (Å²) >= 11 is 11.7. The molecule has 0 radical (unpaired) electrons. The van der Waals surface area contributed by atoms with Gasteiger partial charge in [-0.1, -0.05) is 29.3 Å². The van der Waals surface area contributed by atoms with Crippen molar-refractivity contribution in [3.05, 3.63) is 51.3 Å². The van der Waals surface area contributed by atoms with Crippen molar-refractivity contribution >= 4 is 34.8 Å². The molecule has 1 atom stereocenters. The van der Waals surface area contributed by atoms with Gasteiger partial charge in [0.05, 0.1) is 11.1 Å². The van der Waals surface area contributed by atoms with E-state index in [4.69, 9.17) is 28.9 Å². The Balaban J connectivity index is 1.81. The van der Waals surface area contributed by atoms with Crippen LogP contribution in [0.15, 0.2) is 24.3 Å². The summed E-state index contributed by atoms with van der Waals surface area (Å²) < 4.78 is 0. The normalized spacial score (nSPS) is 17.3. The van der Waals surface area contributed by atoms with E-state index in [9.17, 15) is 4.79 Å². The zero-order chi connectivity index (χ0) is 15.0. The lowest BCUT2D eigenvalue weighted by molar-refractivity contribution is 0.0928. The number of aromatic amines is 1. The molecule has 1 aromatic heterocycles. The summed E-state index contributed by atoms with van der Waals surface area (Å²) in [4.78, 5) is 15.0. The van der Waals surface area contributed by atoms with E-state index >= 15 is 0 Å². The monoisotopic (exact) mass is 323 g/mol. The van der Waals surface area contributed by atoms with E-state index in [-0.39, 0.29) is 17.1 Å². The Morgan fingerprint density at radius 1 is 1.33 bits per heavy atom. The summed E-state index contributed by atoms with van der Waals surface area (Å²) in [5, 5.41) is 3.65. The van der Waals surface area contributed by atoms with Gasteiger partial charge in [-0.05, 0) is 48.6 Å². The van der Waals surface area contributed by atoms with E-state index in [1.165, 1.54) is 11.6 Å². The number of rotatable bonds is 2. The molecule has 1 unspecified atom stereocenters. The van der Waals surface area contributed by atoms with Crippen LogP contribution >= 0.6 is 23.2 Å². The highest BCUT2D eigenvalue weighted by Crippen LogP contribution is 2.31. The van der Waals surface area contributed by atoms with E-state index in [2.05, 4.69) is 10.3 Å². The molecule has 1 aliphatic carbocycles. The minimum absolute atomic E-state index is 0.0114. The molecule has 110 valence electrons. The maximum absolute atomic E-state index is 12.3. The molecule has 0 saturated heterocycles. The number of anilines is 1. The molecule has 0 spiro atoms. The number of fused-ring (bicyclic) bond motifs is 1. The molecule has 21 heavy (non-hydrogen) atoms. The van der Waals surface area contributed by atoms with Crippen LogP contribution in [0.1, 0.15) is 40.5 Å². The molecule has 1 aromatic carbocycles. The summed E-state index contributed by atoms with van der Waals surface area (Å²) in [5.41, 5.74) is 9.27. The first-order valence-electron chi connectivity index (χ1n) is 6.78. The molecular weight excluding hydrogens is 309 g/mol. The van der Waals surface area contributed by atoms with E-state index in [0.717, 1.165) is 30.5 Å². The van der Waals surface area contributed by atoms with Crippen LogP contribution in [0.4, 0.5) is 5.69 Å². The molecule has 4 nitrogen and oxygen atoms in total. The second-order valence-electron chi connectivity index (χ2n) is 5.22. The van der Waals surface area contributed by atoms with Crippen LogP contribution in [0.2, 0.25) is 10.2 Å².